The second-order valence-corrected chi connectivity index (χ2v) is 6.04. The Bertz CT molecular complexity index is 668. The first-order valence-corrected chi connectivity index (χ1v) is 8.00. The van der Waals surface area contributed by atoms with Crippen LogP contribution in [0.3, 0.4) is 0 Å². The molecule has 5 nitrogen and oxygen atoms in total. The summed E-state index contributed by atoms with van der Waals surface area (Å²) in [6.45, 7) is -2.09. The Balaban J connectivity index is 1.36. The summed E-state index contributed by atoms with van der Waals surface area (Å²) in [7, 11) is 0. The fraction of sp³-hybridized carbons (Fsp3) is 0.412. The van der Waals surface area contributed by atoms with Crippen LogP contribution in [0.25, 0.3) is 0 Å². The smallest absolute Gasteiger partial charge is 0.319 e. The Hall–Kier alpha value is -2.44. The van der Waals surface area contributed by atoms with Crippen molar-refractivity contribution >= 4 is 6.03 Å². The standard InChI is InChI=1S/C17H20F2N4O/c18-16(19)23-7-6-20-15(23)11-22-17(24)21-10-12-8-14(9-12)13-4-2-1-3-5-13/h1-7,12,14,16H,8-11H2,(H2,21,22,24). The van der Waals surface area contributed by atoms with Crippen molar-refractivity contribution in [2.45, 2.75) is 31.9 Å². The van der Waals surface area contributed by atoms with Gasteiger partial charge in [0.2, 0.25) is 0 Å². The molecule has 1 heterocycles. The van der Waals surface area contributed by atoms with E-state index in [1.165, 1.54) is 18.0 Å². The van der Waals surface area contributed by atoms with Gasteiger partial charge >= 0.3 is 12.6 Å². The molecule has 1 aromatic carbocycles. The number of urea groups is 1. The SMILES string of the molecule is O=C(NCc1nccn1C(F)F)NCC1CC(c2ccccc2)C1. The van der Waals surface area contributed by atoms with Gasteiger partial charge in [-0.2, -0.15) is 8.78 Å². The molecule has 0 saturated heterocycles. The molecule has 1 aromatic heterocycles. The van der Waals surface area contributed by atoms with Crippen molar-refractivity contribution < 1.29 is 13.6 Å². The van der Waals surface area contributed by atoms with E-state index in [0.717, 1.165) is 17.4 Å². The van der Waals surface area contributed by atoms with Crippen molar-refractivity contribution in [3.63, 3.8) is 0 Å². The Morgan fingerprint density at radius 1 is 1.25 bits per heavy atom. The van der Waals surface area contributed by atoms with Gasteiger partial charge in [0.15, 0.2) is 0 Å². The Kier molecular flexibility index (Phi) is 5.08. The van der Waals surface area contributed by atoms with E-state index >= 15 is 0 Å². The lowest BCUT2D eigenvalue weighted by Gasteiger charge is -2.35. The van der Waals surface area contributed by atoms with Crippen molar-refractivity contribution in [2.75, 3.05) is 6.54 Å². The predicted molar refractivity (Wildman–Crippen MR) is 85.6 cm³/mol. The van der Waals surface area contributed by atoms with Gasteiger partial charge in [-0.05, 0) is 30.2 Å². The molecule has 1 fully saturated rings. The highest BCUT2D eigenvalue weighted by molar-refractivity contribution is 5.73. The van der Waals surface area contributed by atoms with Crippen LogP contribution in [0.5, 0.6) is 0 Å². The van der Waals surface area contributed by atoms with Crippen molar-refractivity contribution in [3.8, 4) is 0 Å². The van der Waals surface area contributed by atoms with Crippen molar-refractivity contribution in [3.05, 3.63) is 54.1 Å². The largest absolute Gasteiger partial charge is 0.338 e. The molecule has 2 N–H and O–H groups in total. The predicted octanol–water partition coefficient (Wildman–Crippen LogP) is 3.27. The molecular weight excluding hydrogens is 314 g/mol. The summed E-state index contributed by atoms with van der Waals surface area (Å²) in [4.78, 5) is 15.6. The van der Waals surface area contributed by atoms with Crippen LogP contribution in [0, 0.1) is 5.92 Å². The first-order chi connectivity index (χ1) is 11.6. The molecule has 0 aliphatic heterocycles. The van der Waals surface area contributed by atoms with Gasteiger partial charge in [0.25, 0.3) is 0 Å². The van der Waals surface area contributed by atoms with Crippen molar-refractivity contribution in [1.82, 2.24) is 20.2 Å². The number of hydrogen-bond donors (Lipinski definition) is 2. The summed E-state index contributed by atoms with van der Waals surface area (Å²) in [5, 5.41) is 5.35. The number of aromatic nitrogens is 2. The van der Waals surface area contributed by atoms with Crippen LogP contribution >= 0.6 is 0 Å². The minimum absolute atomic E-state index is 0.0273. The van der Waals surface area contributed by atoms with Gasteiger partial charge in [0.05, 0.1) is 6.54 Å². The zero-order chi connectivity index (χ0) is 16.9. The van der Waals surface area contributed by atoms with Gasteiger partial charge in [-0.3, -0.25) is 4.57 Å². The highest BCUT2D eigenvalue weighted by Gasteiger charge is 2.30. The van der Waals surface area contributed by atoms with Crippen LogP contribution in [0.2, 0.25) is 0 Å². The molecule has 7 heteroatoms. The van der Waals surface area contributed by atoms with Gasteiger partial charge in [0, 0.05) is 18.9 Å². The number of carbonyl (C=O) groups excluding carboxylic acids is 1. The Labute approximate surface area is 139 Å². The molecule has 1 saturated carbocycles. The zero-order valence-corrected chi connectivity index (χ0v) is 13.2. The molecule has 0 unspecified atom stereocenters. The second kappa shape index (κ2) is 7.42. The number of halogens is 2. The van der Waals surface area contributed by atoms with E-state index in [1.54, 1.807) is 0 Å². The highest BCUT2D eigenvalue weighted by Crippen LogP contribution is 2.40. The van der Waals surface area contributed by atoms with Crippen LogP contribution in [0.15, 0.2) is 42.7 Å². The number of rotatable bonds is 6. The number of alkyl halides is 2. The average molecular weight is 334 g/mol. The number of amides is 2. The number of nitrogens with zero attached hydrogens (tertiary/aromatic N) is 2. The Morgan fingerprint density at radius 3 is 2.71 bits per heavy atom. The second-order valence-electron chi connectivity index (χ2n) is 6.04. The lowest BCUT2D eigenvalue weighted by molar-refractivity contribution is 0.0667. The van der Waals surface area contributed by atoms with E-state index in [0.29, 0.717) is 18.4 Å². The van der Waals surface area contributed by atoms with E-state index in [4.69, 9.17) is 0 Å². The molecule has 3 rings (SSSR count). The van der Waals surface area contributed by atoms with Crippen LogP contribution in [0.1, 0.15) is 36.7 Å². The lowest BCUT2D eigenvalue weighted by atomic mass is 9.71. The van der Waals surface area contributed by atoms with Gasteiger partial charge in [-0.15, -0.1) is 0 Å². The number of carbonyl (C=O) groups is 1. The number of imidazole rings is 1. The molecular formula is C17H20F2N4O. The van der Waals surface area contributed by atoms with E-state index in [1.807, 2.05) is 18.2 Å². The molecule has 0 spiro atoms. The van der Waals surface area contributed by atoms with E-state index in [9.17, 15) is 13.6 Å². The third-order valence-electron chi connectivity index (χ3n) is 4.42. The first-order valence-electron chi connectivity index (χ1n) is 8.00. The highest BCUT2D eigenvalue weighted by atomic mass is 19.3. The van der Waals surface area contributed by atoms with Crippen molar-refractivity contribution in [2.24, 2.45) is 5.92 Å². The summed E-state index contributed by atoms with van der Waals surface area (Å²) in [5.41, 5.74) is 1.34. The molecule has 1 aliphatic rings. The minimum Gasteiger partial charge on any atom is -0.338 e. The first kappa shape index (κ1) is 16.4. The summed E-state index contributed by atoms with van der Waals surface area (Å²) < 4.78 is 26.1. The van der Waals surface area contributed by atoms with Gasteiger partial charge in [0.1, 0.15) is 5.82 Å². The van der Waals surface area contributed by atoms with Crippen LogP contribution in [-0.4, -0.2) is 22.1 Å². The maximum atomic E-state index is 12.7. The number of benzene rings is 1. The monoisotopic (exact) mass is 334 g/mol. The molecule has 2 aromatic rings. The van der Waals surface area contributed by atoms with Crippen LogP contribution < -0.4 is 10.6 Å². The maximum Gasteiger partial charge on any atom is 0.319 e. The van der Waals surface area contributed by atoms with Crippen LogP contribution in [0.4, 0.5) is 13.6 Å². The lowest BCUT2D eigenvalue weighted by Crippen LogP contribution is -2.41. The summed E-state index contributed by atoms with van der Waals surface area (Å²) in [6.07, 6.45) is 4.59. The summed E-state index contributed by atoms with van der Waals surface area (Å²) in [5.74, 6) is 1.16. The van der Waals surface area contributed by atoms with Gasteiger partial charge in [-0.25, -0.2) is 9.78 Å². The topological polar surface area (TPSA) is 59.0 Å². The van der Waals surface area contributed by atoms with Crippen LogP contribution in [-0.2, 0) is 6.54 Å². The third kappa shape index (κ3) is 3.90. The third-order valence-corrected chi connectivity index (χ3v) is 4.42. The zero-order valence-electron chi connectivity index (χ0n) is 13.2. The molecule has 2 amide bonds. The molecule has 24 heavy (non-hydrogen) atoms. The van der Waals surface area contributed by atoms with Gasteiger partial charge < -0.3 is 10.6 Å². The van der Waals surface area contributed by atoms with Gasteiger partial charge in [-0.1, -0.05) is 30.3 Å². The summed E-state index contributed by atoms with van der Waals surface area (Å²) in [6, 6.07) is 9.99. The number of hydrogen-bond acceptors (Lipinski definition) is 2. The fourth-order valence-corrected chi connectivity index (χ4v) is 3.02. The summed E-state index contributed by atoms with van der Waals surface area (Å²) >= 11 is 0. The van der Waals surface area contributed by atoms with E-state index < -0.39 is 6.55 Å². The average Bonchev–Trinajstić information content (AvgIpc) is 3.01. The molecule has 0 bridgehead atoms. The maximum absolute atomic E-state index is 12.7. The normalized spacial score (nSPS) is 19.8. The number of nitrogens with one attached hydrogen (secondary N) is 2. The molecule has 1 aliphatic carbocycles. The molecule has 0 radical (unpaired) electrons. The molecule has 128 valence electrons. The minimum atomic E-state index is -2.66. The molecule has 0 atom stereocenters. The fourth-order valence-electron chi connectivity index (χ4n) is 3.02. The van der Waals surface area contributed by atoms with Crippen molar-refractivity contribution in [1.29, 1.82) is 0 Å². The van der Waals surface area contributed by atoms with E-state index in [-0.39, 0.29) is 18.4 Å². The van der Waals surface area contributed by atoms with E-state index in [2.05, 4.69) is 27.8 Å². The Morgan fingerprint density at radius 2 is 2.00 bits per heavy atom. The quantitative estimate of drug-likeness (QED) is 0.852.